The van der Waals surface area contributed by atoms with Gasteiger partial charge in [-0.05, 0) is 80.3 Å². The van der Waals surface area contributed by atoms with Crippen LogP contribution in [0.5, 0.6) is 0 Å². The van der Waals surface area contributed by atoms with Crippen LogP contribution in [-0.2, 0) is 14.3 Å². The third-order valence-electron chi connectivity index (χ3n) is 8.83. The van der Waals surface area contributed by atoms with Gasteiger partial charge in [-0.2, -0.15) is 0 Å². The molecule has 0 radical (unpaired) electrons. The average molecular weight is 357 g/mol. The maximum Gasteiger partial charge on any atom is 0.303 e. The molecule has 0 heterocycles. The molecular formula is C23H32O3. The highest BCUT2D eigenvalue weighted by molar-refractivity contribution is 5.92. The molecule has 3 heteroatoms. The Kier molecular flexibility index (Phi) is 3.85. The highest BCUT2D eigenvalue weighted by Crippen LogP contribution is 2.68. The van der Waals surface area contributed by atoms with Crippen molar-refractivity contribution < 1.29 is 14.3 Å². The predicted molar refractivity (Wildman–Crippen MR) is 101 cm³/mol. The monoisotopic (exact) mass is 356 g/mol. The molecule has 0 aromatic heterocycles. The van der Waals surface area contributed by atoms with E-state index >= 15 is 0 Å². The summed E-state index contributed by atoms with van der Waals surface area (Å²) in [4.78, 5) is 23.8. The van der Waals surface area contributed by atoms with Crippen molar-refractivity contribution in [2.24, 2.45) is 28.6 Å². The fourth-order valence-corrected chi connectivity index (χ4v) is 7.27. The van der Waals surface area contributed by atoms with Crippen molar-refractivity contribution in [2.45, 2.75) is 78.2 Å². The lowest BCUT2D eigenvalue weighted by molar-refractivity contribution is -0.177. The highest BCUT2D eigenvalue weighted by atomic mass is 16.6. The molecule has 6 atom stereocenters. The van der Waals surface area contributed by atoms with E-state index in [4.69, 9.17) is 4.74 Å². The first kappa shape index (κ1) is 18.0. The quantitative estimate of drug-likeness (QED) is 0.621. The maximum absolute atomic E-state index is 12.0. The summed E-state index contributed by atoms with van der Waals surface area (Å²) in [6.07, 6.45) is 8.87. The predicted octanol–water partition coefficient (Wildman–Crippen LogP) is 5.01. The minimum Gasteiger partial charge on any atom is -0.459 e. The van der Waals surface area contributed by atoms with Gasteiger partial charge in [-0.25, -0.2) is 0 Å². The van der Waals surface area contributed by atoms with E-state index in [9.17, 15) is 9.59 Å². The summed E-state index contributed by atoms with van der Waals surface area (Å²) in [7, 11) is 0. The molecule has 0 N–H and O–H groups in total. The van der Waals surface area contributed by atoms with E-state index in [0.29, 0.717) is 24.2 Å². The zero-order valence-electron chi connectivity index (χ0n) is 16.7. The van der Waals surface area contributed by atoms with E-state index in [1.54, 1.807) is 0 Å². The van der Waals surface area contributed by atoms with Crippen LogP contribution >= 0.6 is 0 Å². The van der Waals surface area contributed by atoms with Crippen LogP contribution in [0.3, 0.4) is 0 Å². The number of ketones is 1. The molecule has 4 rings (SSSR count). The van der Waals surface area contributed by atoms with Crippen molar-refractivity contribution in [3.63, 3.8) is 0 Å². The molecule has 3 fully saturated rings. The first-order valence-electron chi connectivity index (χ1n) is 10.2. The third kappa shape index (κ3) is 2.25. The summed E-state index contributed by atoms with van der Waals surface area (Å²) >= 11 is 0. The molecule has 0 saturated heterocycles. The molecule has 26 heavy (non-hydrogen) atoms. The Hall–Kier alpha value is -1.38. The molecule has 0 amide bonds. The minimum atomic E-state index is -0.352. The molecule has 4 aliphatic rings. The Labute approximate surface area is 157 Å². The minimum absolute atomic E-state index is 0.0438. The fourth-order valence-electron chi connectivity index (χ4n) is 7.27. The molecule has 142 valence electrons. The van der Waals surface area contributed by atoms with Crippen molar-refractivity contribution in [2.75, 3.05) is 0 Å². The molecule has 0 aromatic carbocycles. The van der Waals surface area contributed by atoms with Gasteiger partial charge in [0.25, 0.3) is 0 Å². The highest BCUT2D eigenvalue weighted by Gasteiger charge is 2.64. The van der Waals surface area contributed by atoms with Gasteiger partial charge in [0.05, 0.1) is 0 Å². The second kappa shape index (κ2) is 5.56. The normalized spacial score (nSPS) is 47.5. The van der Waals surface area contributed by atoms with Gasteiger partial charge in [-0.3, -0.25) is 9.59 Å². The van der Waals surface area contributed by atoms with E-state index in [0.717, 1.165) is 38.5 Å². The largest absolute Gasteiger partial charge is 0.459 e. The number of ether oxygens (including phenoxy) is 1. The van der Waals surface area contributed by atoms with Gasteiger partial charge < -0.3 is 4.74 Å². The van der Waals surface area contributed by atoms with Crippen LogP contribution in [0.15, 0.2) is 23.8 Å². The zero-order valence-corrected chi connectivity index (χ0v) is 16.7. The van der Waals surface area contributed by atoms with Crippen LogP contribution in [0.25, 0.3) is 0 Å². The average Bonchev–Trinajstić information content (AvgIpc) is 2.80. The SMILES string of the molecule is C=C1C[C@@H]2[C@H](CC[C@@]3(C)[C@H]2CC[C@]3(C)OC(C)=O)[C@@]2(C)CCC(=O)C=C12. The lowest BCUT2D eigenvalue weighted by Crippen LogP contribution is -2.55. The molecule has 0 unspecified atom stereocenters. The van der Waals surface area contributed by atoms with Crippen LogP contribution < -0.4 is 0 Å². The molecule has 0 spiro atoms. The number of carbonyl (C=O) groups is 2. The van der Waals surface area contributed by atoms with E-state index in [1.165, 1.54) is 18.1 Å². The van der Waals surface area contributed by atoms with Gasteiger partial charge in [0.1, 0.15) is 5.60 Å². The first-order chi connectivity index (χ1) is 12.1. The lowest BCUT2D eigenvalue weighted by Gasteiger charge is -2.59. The summed E-state index contributed by atoms with van der Waals surface area (Å²) in [6.45, 7) is 12.8. The van der Waals surface area contributed by atoms with E-state index in [1.807, 2.05) is 6.08 Å². The van der Waals surface area contributed by atoms with Gasteiger partial charge in [0, 0.05) is 18.8 Å². The van der Waals surface area contributed by atoms with Crippen molar-refractivity contribution in [3.05, 3.63) is 23.8 Å². The fraction of sp³-hybridized carbons (Fsp3) is 0.739. The number of carbonyl (C=O) groups excluding carboxylic acids is 2. The van der Waals surface area contributed by atoms with Gasteiger partial charge in [-0.1, -0.05) is 26.0 Å². The second-order valence-corrected chi connectivity index (χ2v) is 9.95. The maximum atomic E-state index is 12.0. The Bertz CT molecular complexity index is 719. The van der Waals surface area contributed by atoms with Gasteiger partial charge in [0.2, 0.25) is 0 Å². The summed E-state index contributed by atoms with van der Waals surface area (Å²) in [5.41, 5.74) is 2.19. The van der Waals surface area contributed by atoms with Crippen LogP contribution in [0.2, 0.25) is 0 Å². The molecule has 0 aliphatic heterocycles. The number of rotatable bonds is 1. The lowest BCUT2D eigenvalue weighted by atomic mass is 9.46. The number of allylic oxidation sites excluding steroid dienone is 2. The molecular weight excluding hydrogens is 324 g/mol. The van der Waals surface area contributed by atoms with E-state index < -0.39 is 0 Å². The van der Waals surface area contributed by atoms with Crippen LogP contribution in [0.4, 0.5) is 0 Å². The number of hydrogen-bond acceptors (Lipinski definition) is 3. The van der Waals surface area contributed by atoms with Gasteiger partial charge in [0.15, 0.2) is 5.78 Å². The Morgan fingerprint density at radius 2 is 1.85 bits per heavy atom. The number of esters is 1. The molecule has 0 bridgehead atoms. The molecule has 3 saturated carbocycles. The van der Waals surface area contributed by atoms with Crippen LogP contribution in [0, 0.1) is 28.6 Å². The summed E-state index contributed by atoms with van der Waals surface area (Å²) in [6, 6.07) is 0. The van der Waals surface area contributed by atoms with Gasteiger partial charge >= 0.3 is 5.97 Å². The Morgan fingerprint density at radius 1 is 1.15 bits per heavy atom. The summed E-state index contributed by atoms with van der Waals surface area (Å²) < 4.78 is 5.91. The van der Waals surface area contributed by atoms with E-state index in [2.05, 4.69) is 27.4 Å². The Balaban J connectivity index is 1.71. The zero-order chi connectivity index (χ0) is 18.9. The first-order valence-corrected chi connectivity index (χ1v) is 10.2. The second-order valence-electron chi connectivity index (χ2n) is 9.95. The van der Waals surface area contributed by atoms with Crippen LogP contribution in [-0.4, -0.2) is 17.4 Å². The smallest absolute Gasteiger partial charge is 0.303 e. The van der Waals surface area contributed by atoms with Crippen molar-refractivity contribution in [1.29, 1.82) is 0 Å². The van der Waals surface area contributed by atoms with Crippen LogP contribution in [0.1, 0.15) is 72.6 Å². The number of hydrogen-bond donors (Lipinski definition) is 0. The van der Waals surface area contributed by atoms with E-state index in [-0.39, 0.29) is 28.2 Å². The molecule has 3 nitrogen and oxygen atoms in total. The van der Waals surface area contributed by atoms with Crippen molar-refractivity contribution >= 4 is 11.8 Å². The standard InChI is InChI=1S/C23H32O3/c1-14-12-17-18(21(3)9-6-16(25)13-20(14)21)7-10-22(4)19(17)8-11-23(22,5)26-15(2)24/h13,17-19H,1,6-12H2,2-5H3/t17-,18+,19+,21-,22+,23+/m1/s1. The Morgan fingerprint density at radius 3 is 2.54 bits per heavy atom. The summed E-state index contributed by atoms with van der Waals surface area (Å²) in [5, 5.41) is 0. The third-order valence-corrected chi connectivity index (χ3v) is 8.83. The number of fused-ring (bicyclic) bond motifs is 5. The molecule has 0 aromatic rings. The molecule has 4 aliphatic carbocycles. The van der Waals surface area contributed by atoms with Gasteiger partial charge in [-0.15, -0.1) is 0 Å². The van der Waals surface area contributed by atoms with Crippen molar-refractivity contribution in [1.82, 2.24) is 0 Å². The van der Waals surface area contributed by atoms with Crippen molar-refractivity contribution in [3.8, 4) is 0 Å². The summed E-state index contributed by atoms with van der Waals surface area (Å²) in [5.74, 6) is 1.88. The topological polar surface area (TPSA) is 43.4 Å².